The highest BCUT2D eigenvalue weighted by molar-refractivity contribution is 6.10. The average Bonchev–Trinajstić information content (AvgIpc) is 3.39. The molecule has 0 bridgehead atoms. The highest BCUT2D eigenvalue weighted by Crippen LogP contribution is 2.35. The zero-order valence-electron chi connectivity index (χ0n) is 22.3. The molecule has 8 rings (SSSR count). The van der Waals surface area contributed by atoms with Crippen LogP contribution in [0.1, 0.15) is 0 Å². The molecule has 8 aromatic rings. The lowest BCUT2D eigenvalue weighted by Gasteiger charge is -2.11. The number of rotatable bonds is 4. The summed E-state index contributed by atoms with van der Waals surface area (Å²) in [6.07, 6.45) is 1.96. The van der Waals surface area contributed by atoms with Gasteiger partial charge in [0.2, 0.25) is 0 Å². The largest absolute Gasteiger partial charge is 0.309 e. The van der Waals surface area contributed by atoms with Gasteiger partial charge in [-0.1, -0.05) is 103 Å². The smallest absolute Gasteiger partial charge is 0.0710 e. The molecule has 0 fully saturated rings. The second kappa shape index (κ2) is 9.58. The van der Waals surface area contributed by atoms with E-state index in [4.69, 9.17) is 9.97 Å². The number of fused-ring (bicyclic) bond motifs is 4. The minimum Gasteiger partial charge on any atom is -0.309 e. The summed E-state index contributed by atoms with van der Waals surface area (Å²) in [5.41, 5.74) is 10.8. The van der Waals surface area contributed by atoms with Crippen LogP contribution in [0.5, 0.6) is 0 Å². The highest BCUT2D eigenvalue weighted by Gasteiger charge is 2.14. The molecule has 0 atom stereocenters. The van der Waals surface area contributed by atoms with Crippen LogP contribution in [-0.4, -0.2) is 14.5 Å². The van der Waals surface area contributed by atoms with Crippen molar-refractivity contribution in [3.05, 3.63) is 152 Å². The van der Waals surface area contributed by atoms with E-state index in [9.17, 15) is 0 Å². The molecule has 0 saturated carbocycles. The minimum atomic E-state index is 0.956. The Bertz CT molecular complexity index is 2190. The van der Waals surface area contributed by atoms with Crippen molar-refractivity contribution in [3.8, 4) is 39.3 Å². The molecule has 0 aliphatic rings. The molecule has 0 N–H and O–H groups in total. The van der Waals surface area contributed by atoms with Crippen LogP contribution in [0, 0.1) is 0 Å². The van der Waals surface area contributed by atoms with Gasteiger partial charge in [-0.15, -0.1) is 0 Å². The number of para-hydroxylation sites is 2. The quantitative estimate of drug-likeness (QED) is 0.230. The Kier molecular flexibility index (Phi) is 5.46. The molecular weight excluding hydrogens is 498 g/mol. The molecule has 192 valence electrons. The Hall–Kier alpha value is -5.54. The molecule has 5 aromatic carbocycles. The molecule has 3 heterocycles. The van der Waals surface area contributed by atoms with Gasteiger partial charge in [0.05, 0.1) is 27.9 Å². The summed E-state index contributed by atoms with van der Waals surface area (Å²) in [6, 6.07) is 51.1. The lowest BCUT2D eigenvalue weighted by Crippen LogP contribution is -1.95. The molecule has 0 saturated heterocycles. The van der Waals surface area contributed by atoms with E-state index in [2.05, 4.69) is 132 Å². The van der Waals surface area contributed by atoms with Crippen LogP contribution in [0.15, 0.2) is 152 Å². The number of benzene rings is 5. The van der Waals surface area contributed by atoms with Crippen molar-refractivity contribution in [1.29, 1.82) is 0 Å². The first-order valence-electron chi connectivity index (χ1n) is 13.8. The fourth-order valence-corrected chi connectivity index (χ4v) is 5.81. The summed E-state index contributed by atoms with van der Waals surface area (Å²) in [5, 5.41) is 3.60. The Morgan fingerprint density at radius 1 is 0.439 bits per heavy atom. The van der Waals surface area contributed by atoms with Gasteiger partial charge < -0.3 is 4.57 Å². The van der Waals surface area contributed by atoms with Crippen molar-refractivity contribution >= 4 is 32.7 Å². The molecule has 0 amide bonds. The number of hydrogen-bond acceptors (Lipinski definition) is 2. The number of hydrogen-bond donors (Lipinski definition) is 0. The van der Waals surface area contributed by atoms with Gasteiger partial charge >= 0.3 is 0 Å². The molecule has 0 radical (unpaired) electrons. The lowest BCUT2D eigenvalue weighted by atomic mass is 10.0. The predicted molar refractivity (Wildman–Crippen MR) is 170 cm³/mol. The third kappa shape index (κ3) is 4.07. The van der Waals surface area contributed by atoms with Crippen molar-refractivity contribution in [2.45, 2.75) is 0 Å². The first-order chi connectivity index (χ1) is 20.3. The Balaban J connectivity index is 1.27. The van der Waals surface area contributed by atoms with Gasteiger partial charge in [-0.25, -0.2) is 4.98 Å². The predicted octanol–water partition coefficient (Wildman–Crippen LogP) is 9.73. The van der Waals surface area contributed by atoms with Crippen molar-refractivity contribution in [3.63, 3.8) is 0 Å². The summed E-state index contributed by atoms with van der Waals surface area (Å²) in [5.74, 6) is 0. The summed E-state index contributed by atoms with van der Waals surface area (Å²) >= 11 is 0. The van der Waals surface area contributed by atoms with Crippen LogP contribution in [0.2, 0.25) is 0 Å². The van der Waals surface area contributed by atoms with E-state index in [0.717, 1.165) is 50.2 Å². The average molecular weight is 524 g/mol. The molecule has 0 spiro atoms. The third-order valence-corrected chi connectivity index (χ3v) is 7.84. The normalized spacial score (nSPS) is 11.4. The second-order valence-electron chi connectivity index (χ2n) is 10.3. The topological polar surface area (TPSA) is 30.7 Å². The molecule has 3 nitrogen and oxygen atoms in total. The van der Waals surface area contributed by atoms with Gasteiger partial charge in [0, 0.05) is 44.7 Å². The first-order valence-corrected chi connectivity index (χ1v) is 13.8. The zero-order chi connectivity index (χ0) is 27.2. The molecular formula is C38H25N3. The van der Waals surface area contributed by atoms with Gasteiger partial charge in [0.15, 0.2) is 0 Å². The summed E-state index contributed by atoms with van der Waals surface area (Å²) < 4.78 is 2.36. The maximum atomic E-state index is 4.96. The van der Waals surface area contributed by atoms with Crippen LogP contribution >= 0.6 is 0 Å². The van der Waals surface area contributed by atoms with Crippen LogP contribution in [0.4, 0.5) is 0 Å². The molecule has 0 unspecified atom stereocenters. The monoisotopic (exact) mass is 523 g/mol. The first kappa shape index (κ1) is 23.4. The van der Waals surface area contributed by atoms with Crippen LogP contribution in [0.3, 0.4) is 0 Å². The lowest BCUT2D eigenvalue weighted by molar-refractivity contribution is 1.18. The minimum absolute atomic E-state index is 0.956. The van der Waals surface area contributed by atoms with Gasteiger partial charge in [0.1, 0.15) is 0 Å². The third-order valence-electron chi connectivity index (χ3n) is 7.84. The Labute approximate surface area is 238 Å². The van der Waals surface area contributed by atoms with E-state index in [-0.39, 0.29) is 0 Å². The van der Waals surface area contributed by atoms with Crippen LogP contribution in [-0.2, 0) is 0 Å². The fraction of sp³-hybridized carbons (Fsp3) is 0. The standard InChI is InChI=1S/C38H25N3/c1-2-9-26(10-3-1)30-19-21-34(39-25-30)29-17-20-33-32-14-5-7-16-37(32)41(38(33)24-29)31-13-8-12-28(23-31)36-22-18-27-11-4-6-15-35(27)40-36/h1-25H. The second-order valence-corrected chi connectivity index (χ2v) is 10.3. The van der Waals surface area contributed by atoms with Gasteiger partial charge in [-0.2, -0.15) is 0 Å². The maximum absolute atomic E-state index is 4.96. The zero-order valence-corrected chi connectivity index (χ0v) is 22.3. The number of aromatic nitrogens is 3. The van der Waals surface area contributed by atoms with Gasteiger partial charge in [-0.3, -0.25) is 4.98 Å². The molecule has 0 aliphatic carbocycles. The number of nitrogens with zero attached hydrogens (tertiary/aromatic N) is 3. The molecule has 41 heavy (non-hydrogen) atoms. The van der Waals surface area contributed by atoms with Crippen molar-refractivity contribution in [1.82, 2.24) is 14.5 Å². The van der Waals surface area contributed by atoms with E-state index >= 15 is 0 Å². The fourth-order valence-electron chi connectivity index (χ4n) is 5.81. The molecule has 3 heteroatoms. The SMILES string of the molecule is c1ccc(-c2ccc(-c3ccc4c5ccccc5n(-c5cccc(-c6ccc7ccccc7n6)c5)c4c3)nc2)cc1. The number of pyridine rings is 2. The molecule has 3 aromatic heterocycles. The van der Waals surface area contributed by atoms with Crippen molar-refractivity contribution in [2.24, 2.45) is 0 Å². The summed E-state index contributed by atoms with van der Waals surface area (Å²) in [4.78, 5) is 9.81. The van der Waals surface area contributed by atoms with E-state index in [1.54, 1.807) is 0 Å². The van der Waals surface area contributed by atoms with Crippen molar-refractivity contribution < 1.29 is 0 Å². The van der Waals surface area contributed by atoms with E-state index in [1.807, 2.05) is 24.4 Å². The van der Waals surface area contributed by atoms with E-state index in [0.29, 0.717) is 0 Å². The van der Waals surface area contributed by atoms with Crippen LogP contribution in [0.25, 0.3) is 72.0 Å². The summed E-state index contributed by atoms with van der Waals surface area (Å²) in [7, 11) is 0. The molecule has 0 aliphatic heterocycles. The Morgan fingerprint density at radius 2 is 1.17 bits per heavy atom. The van der Waals surface area contributed by atoms with E-state index < -0.39 is 0 Å². The summed E-state index contributed by atoms with van der Waals surface area (Å²) in [6.45, 7) is 0. The maximum Gasteiger partial charge on any atom is 0.0710 e. The Morgan fingerprint density at radius 3 is 2.07 bits per heavy atom. The van der Waals surface area contributed by atoms with Crippen LogP contribution < -0.4 is 0 Å². The van der Waals surface area contributed by atoms with Gasteiger partial charge in [0.25, 0.3) is 0 Å². The van der Waals surface area contributed by atoms with Crippen molar-refractivity contribution in [2.75, 3.05) is 0 Å². The van der Waals surface area contributed by atoms with Gasteiger partial charge in [-0.05, 0) is 48.0 Å². The van der Waals surface area contributed by atoms with E-state index in [1.165, 1.54) is 21.9 Å². The highest BCUT2D eigenvalue weighted by atomic mass is 15.0.